The van der Waals surface area contributed by atoms with Crippen LogP contribution in [0.1, 0.15) is 51.9 Å². The third-order valence-corrected chi connectivity index (χ3v) is 3.75. The van der Waals surface area contributed by atoms with Gasteiger partial charge >= 0.3 is 0 Å². The van der Waals surface area contributed by atoms with Gasteiger partial charge in [0.2, 0.25) is 0 Å². The van der Waals surface area contributed by atoms with Gasteiger partial charge in [-0.3, -0.25) is 0 Å². The Kier molecular flexibility index (Phi) is 4.94. The van der Waals surface area contributed by atoms with Crippen molar-refractivity contribution in [2.75, 3.05) is 27.2 Å². The molecule has 0 saturated carbocycles. The van der Waals surface area contributed by atoms with Gasteiger partial charge in [0, 0.05) is 0 Å². The SMILES string of the molecule is CCCCCCC1CC[N+](C)(C)CC1. The van der Waals surface area contributed by atoms with Crippen molar-refractivity contribution in [2.45, 2.75) is 51.9 Å². The zero-order chi connectivity index (χ0) is 10.4. The monoisotopic (exact) mass is 198 g/mol. The van der Waals surface area contributed by atoms with Crippen molar-refractivity contribution >= 4 is 0 Å². The normalized spacial score (nSPS) is 22.5. The summed E-state index contributed by atoms with van der Waals surface area (Å²) in [4.78, 5) is 0. The highest BCUT2D eigenvalue weighted by Crippen LogP contribution is 2.25. The van der Waals surface area contributed by atoms with Gasteiger partial charge in [0.15, 0.2) is 0 Å². The molecule has 0 bridgehead atoms. The molecule has 0 aromatic rings. The van der Waals surface area contributed by atoms with Gasteiger partial charge in [-0.15, -0.1) is 0 Å². The highest BCUT2D eigenvalue weighted by molar-refractivity contribution is 4.63. The van der Waals surface area contributed by atoms with Gasteiger partial charge in [-0.1, -0.05) is 39.0 Å². The van der Waals surface area contributed by atoms with Crippen molar-refractivity contribution in [1.82, 2.24) is 0 Å². The van der Waals surface area contributed by atoms with E-state index in [1.165, 1.54) is 62.5 Å². The van der Waals surface area contributed by atoms with Crippen LogP contribution in [0, 0.1) is 5.92 Å². The molecule has 0 atom stereocenters. The molecule has 0 radical (unpaired) electrons. The maximum atomic E-state index is 2.37. The van der Waals surface area contributed by atoms with Crippen molar-refractivity contribution in [3.8, 4) is 0 Å². The van der Waals surface area contributed by atoms with Crippen LogP contribution in [0.25, 0.3) is 0 Å². The largest absolute Gasteiger partial charge is 0.328 e. The van der Waals surface area contributed by atoms with Crippen molar-refractivity contribution in [3.05, 3.63) is 0 Å². The molecule has 1 rings (SSSR count). The predicted molar refractivity (Wildman–Crippen MR) is 63.3 cm³/mol. The summed E-state index contributed by atoms with van der Waals surface area (Å²) in [6.45, 7) is 5.09. The second kappa shape index (κ2) is 5.75. The molecule has 1 fully saturated rings. The lowest BCUT2D eigenvalue weighted by Crippen LogP contribution is -2.46. The standard InChI is InChI=1S/C13H28N/c1-4-5-6-7-8-13-9-11-14(2,3)12-10-13/h13H,4-12H2,1-3H3/q+1. The van der Waals surface area contributed by atoms with Crippen LogP contribution in [0.3, 0.4) is 0 Å². The molecular weight excluding hydrogens is 170 g/mol. The number of quaternary nitrogens is 1. The van der Waals surface area contributed by atoms with Gasteiger partial charge in [0.1, 0.15) is 0 Å². The van der Waals surface area contributed by atoms with Crippen LogP contribution < -0.4 is 0 Å². The van der Waals surface area contributed by atoms with Gasteiger partial charge < -0.3 is 4.48 Å². The third-order valence-electron chi connectivity index (χ3n) is 3.75. The lowest BCUT2D eigenvalue weighted by Gasteiger charge is -2.37. The topological polar surface area (TPSA) is 0 Å². The van der Waals surface area contributed by atoms with Gasteiger partial charge in [-0.2, -0.15) is 0 Å². The fraction of sp³-hybridized carbons (Fsp3) is 1.00. The third kappa shape index (κ3) is 4.45. The fourth-order valence-electron chi connectivity index (χ4n) is 2.47. The van der Waals surface area contributed by atoms with Crippen LogP contribution in [-0.4, -0.2) is 31.7 Å². The lowest BCUT2D eigenvalue weighted by molar-refractivity contribution is -0.896. The second-order valence-corrected chi connectivity index (χ2v) is 5.68. The molecule has 1 aliphatic rings. The highest BCUT2D eigenvalue weighted by Gasteiger charge is 2.25. The maximum absolute atomic E-state index is 2.37. The highest BCUT2D eigenvalue weighted by atomic mass is 15.3. The van der Waals surface area contributed by atoms with Crippen LogP contribution in [0.5, 0.6) is 0 Å². The smallest absolute Gasteiger partial charge is 0.0785 e. The molecule has 0 spiro atoms. The molecule has 1 saturated heterocycles. The molecule has 0 amide bonds. The zero-order valence-electron chi connectivity index (χ0n) is 10.4. The molecule has 14 heavy (non-hydrogen) atoms. The molecule has 0 N–H and O–H groups in total. The Morgan fingerprint density at radius 2 is 1.64 bits per heavy atom. The number of nitrogens with zero attached hydrogens (tertiary/aromatic N) is 1. The molecular formula is C13H28N+. The maximum Gasteiger partial charge on any atom is 0.0785 e. The molecule has 0 aromatic heterocycles. The van der Waals surface area contributed by atoms with E-state index in [2.05, 4.69) is 21.0 Å². The van der Waals surface area contributed by atoms with Crippen molar-refractivity contribution < 1.29 is 4.48 Å². The molecule has 1 aliphatic heterocycles. The molecule has 0 unspecified atom stereocenters. The van der Waals surface area contributed by atoms with Crippen LogP contribution in [0.2, 0.25) is 0 Å². The molecule has 1 heteroatoms. The summed E-state index contributed by atoms with van der Waals surface area (Å²) >= 11 is 0. The van der Waals surface area contributed by atoms with Crippen LogP contribution in [0.4, 0.5) is 0 Å². The minimum atomic E-state index is 1.05. The Labute approximate surface area is 90.1 Å². The summed E-state index contributed by atoms with van der Waals surface area (Å²) in [5.74, 6) is 1.05. The van der Waals surface area contributed by atoms with Gasteiger partial charge in [0.05, 0.1) is 27.2 Å². The lowest BCUT2D eigenvalue weighted by atomic mass is 9.90. The second-order valence-electron chi connectivity index (χ2n) is 5.68. The van der Waals surface area contributed by atoms with Crippen LogP contribution in [0.15, 0.2) is 0 Å². The number of hydrogen-bond donors (Lipinski definition) is 0. The van der Waals surface area contributed by atoms with Gasteiger partial charge in [-0.25, -0.2) is 0 Å². The zero-order valence-corrected chi connectivity index (χ0v) is 10.4. The summed E-state index contributed by atoms with van der Waals surface area (Å²) in [5.41, 5.74) is 0. The Morgan fingerprint density at radius 1 is 1.00 bits per heavy atom. The summed E-state index contributed by atoms with van der Waals surface area (Å²) < 4.78 is 1.26. The first kappa shape index (κ1) is 12.0. The number of hydrogen-bond acceptors (Lipinski definition) is 0. The molecule has 1 heterocycles. The summed E-state index contributed by atoms with van der Waals surface area (Å²) in [6.07, 6.45) is 10.2. The Morgan fingerprint density at radius 3 is 2.21 bits per heavy atom. The fourth-order valence-corrected chi connectivity index (χ4v) is 2.47. The number of piperidine rings is 1. The van der Waals surface area contributed by atoms with Gasteiger partial charge in [0.25, 0.3) is 0 Å². The van der Waals surface area contributed by atoms with Crippen molar-refractivity contribution in [1.29, 1.82) is 0 Å². The van der Waals surface area contributed by atoms with Crippen LogP contribution in [-0.2, 0) is 0 Å². The number of unbranched alkanes of at least 4 members (excludes halogenated alkanes) is 3. The molecule has 84 valence electrons. The first-order valence-corrected chi connectivity index (χ1v) is 6.46. The average Bonchev–Trinajstić information content (AvgIpc) is 2.15. The van der Waals surface area contributed by atoms with E-state index in [4.69, 9.17) is 0 Å². The minimum Gasteiger partial charge on any atom is -0.328 e. The Hall–Kier alpha value is -0.0400. The van der Waals surface area contributed by atoms with E-state index in [-0.39, 0.29) is 0 Å². The predicted octanol–water partition coefficient (Wildman–Crippen LogP) is 3.44. The van der Waals surface area contributed by atoms with Gasteiger partial charge in [-0.05, 0) is 18.8 Å². The van der Waals surface area contributed by atoms with E-state index in [1.807, 2.05) is 0 Å². The van der Waals surface area contributed by atoms with E-state index in [0.29, 0.717) is 0 Å². The number of rotatable bonds is 5. The van der Waals surface area contributed by atoms with E-state index in [0.717, 1.165) is 5.92 Å². The molecule has 1 nitrogen and oxygen atoms in total. The molecule has 0 aromatic carbocycles. The van der Waals surface area contributed by atoms with E-state index in [1.54, 1.807) is 0 Å². The minimum absolute atomic E-state index is 1.05. The van der Waals surface area contributed by atoms with E-state index < -0.39 is 0 Å². The average molecular weight is 198 g/mol. The summed E-state index contributed by atoms with van der Waals surface area (Å²) in [7, 11) is 4.74. The Bertz CT molecular complexity index is 141. The Balaban J connectivity index is 2.04. The van der Waals surface area contributed by atoms with E-state index in [9.17, 15) is 0 Å². The quantitative estimate of drug-likeness (QED) is 0.469. The van der Waals surface area contributed by atoms with E-state index >= 15 is 0 Å². The van der Waals surface area contributed by atoms with Crippen molar-refractivity contribution in [2.24, 2.45) is 5.92 Å². The molecule has 0 aliphatic carbocycles. The summed E-state index contributed by atoms with van der Waals surface area (Å²) in [6, 6.07) is 0. The number of likely N-dealkylation sites (tertiary alicyclic amines) is 1. The van der Waals surface area contributed by atoms with Crippen molar-refractivity contribution in [3.63, 3.8) is 0 Å². The first-order valence-electron chi connectivity index (χ1n) is 6.46. The van der Waals surface area contributed by atoms with Crippen LogP contribution >= 0.6 is 0 Å². The summed E-state index contributed by atoms with van der Waals surface area (Å²) in [5, 5.41) is 0. The first-order chi connectivity index (χ1) is 6.64.